The van der Waals surface area contributed by atoms with Gasteiger partial charge in [-0.3, -0.25) is 0 Å². The molecule has 1 heterocycles. The smallest absolute Gasteiger partial charge is 0.132 e. The number of terminal acetylenes is 1. The molecule has 0 radical (unpaired) electrons. The van der Waals surface area contributed by atoms with Crippen LogP contribution in [-0.4, -0.2) is 9.55 Å². The van der Waals surface area contributed by atoms with Crippen molar-refractivity contribution >= 4 is 5.82 Å². The number of nitrogens with zero attached hydrogens (tertiary/aromatic N) is 2. The molecule has 3 heteroatoms. The van der Waals surface area contributed by atoms with Gasteiger partial charge in [-0.1, -0.05) is 18.9 Å². The van der Waals surface area contributed by atoms with Crippen LogP contribution < -0.4 is 5.73 Å². The number of anilines is 1. The molecule has 0 atom stereocenters. The van der Waals surface area contributed by atoms with Gasteiger partial charge in [0.2, 0.25) is 0 Å². The van der Waals surface area contributed by atoms with E-state index in [1.807, 2.05) is 4.57 Å². The maximum absolute atomic E-state index is 6.26. The quantitative estimate of drug-likeness (QED) is 0.867. The summed E-state index contributed by atoms with van der Waals surface area (Å²) >= 11 is 0. The average Bonchev–Trinajstić information content (AvgIpc) is 2.72. The minimum absolute atomic E-state index is 0.464. The molecule has 0 amide bonds. The van der Waals surface area contributed by atoms with Crippen LogP contribution in [-0.2, 0) is 13.0 Å². The zero-order chi connectivity index (χ0) is 14.9. The van der Waals surface area contributed by atoms with Gasteiger partial charge in [0, 0.05) is 12.0 Å². The Morgan fingerprint density at radius 1 is 1.20 bits per heavy atom. The van der Waals surface area contributed by atoms with Crippen molar-refractivity contribution in [2.75, 3.05) is 5.73 Å². The molecule has 1 aromatic carbocycles. The van der Waals surface area contributed by atoms with Crippen LogP contribution in [0, 0.1) is 33.1 Å². The molecular formula is C17H21N3. The predicted octanol–water partition coefficient (Wildman–Crippen LogP) is 3.25. The van der Waals surface area contributed by atoms with Gasteiger partial charge in [-0.05, 0) is 43.5 Å². The number of imidazole rings is 1. The molecule has 0 aliphatic heterocycles. The second-order valence-corrected chi connectivity index (χ2v) is 5.16. The van der Waals surface area contributed by atoms with Crippen LogP contribution in [0.25, 0.3) is 11.3 Å². The van der Waals surface area contributed by atoms with E-state index in [0.29, 0.717) is 12.4 Å². The molecule has 104 valence electrons. The Morgan fingerprint density at radius 2 is 1.85 bits per heavy atom. The highest BCUT2D eigenvalue weighted by Crippen LogP contribution is 2.31. The first kappa shape index (κ1) is 14.2. The number of hydrogen-bond acceptors (Lipinski definition) is 2. The van der Waals surface area contributed by atoms with Crippen molar-refractivity contribution in [1.82, 2.24) is 9.55 Å². The van der Waals surface area contributed by atoms with Crippen molar-refractivity contribution < 1.29 is 0 Å². The molecule has 2 N–H and O–H groups in total. The zero-order valence-corrected chi connectivity index (χ0v) is 12.6. The summed E-state index contributed by atoms with van der Waals surface area (Å²) < 4.78 is 1.92. The summed E-state index contributed by atoms with van der Waals surface area (Å²) in [4.78, 5) is 4.69. The van der Waals surface area contributed by atoms with Crippen LogP contribution in [0.4, 0.5) is 5.82 Å². The fourth-order valence-corrected chi connectivity index (χ4v) is 2.47. The molecule has 2 aromatic rings. The van der Waals surface area contributed by atoms with Gasteiger partial charge in [0.15, 0.2) is 0 Å². The van der Waals surface area contributed by atoms with Crippen LogP contribution in [0.15, 0.2) is 12.1 Å². The summed E-state index contributed by atoms with van der Waals surface area (Å²) in [6.07, 6.45) is 6.24. The fraction of sp³-hybridized carbons (Fsp3) is 0.353. The highest BCUT2D eigenvalue weighted by molar-refractivity contribution is 5.74. The zero-order valence-electron chi connectivity index (χ0n) is 12.6. The third-order valence-electron chi connectivity index (χ3n) is 3.75. The maximum Gasteiger partial charge on any atom is 0.132 e. The van der Waals surface area contributed by atoms with Crippen LogP contribution in [0.5, 0.6) is 0 Å². The van der Waals surface area contributed by atoms with Crippen LogP contribution >= 0.6 is 0 Å². The van der Waals surface area contributed by atoms with E-state index in [1.165, 1.54) is 16.7 Å². The first-order valence-corrected chi connectivity index (χ1v) is 6.86. The van der Waals surface area contributed by atoms with E-state index in [-0.39, 0.29) is 0 Å². The van der Waals surface area contributed by atoms with Crippen LogP contribution in [0.3, 0.4) is 0 Å². The van der Waals surface area contributed by atoms with Crippen molar-refractivity contribution in [3.63, 3.8) is 0 Å². The summed E-state index contributed by atoms with van der Waals surface area (Å²) in [7, 11) is 0. The van der Waals surface area contributed by atoms with Gasteiger partial charge >= 0.3 is 0 Å². The van der Waals surface area contributed by atoms with Crippen molar-refractivity contribution in [3.8, 4) is 23.6 Å². The van der Waals surface area contributed by atoms with Gasteiger partial charge in [0.05, 0.1) is 6.54 Å². The Kier molecular flexibility index (Phi) is 3.85. The maximum atomic E-state index is 6.26. The third kappa shape index (κ3) is 2.30. The second kappa shape index (κ2) is 5.42. The molecule has 0 unspecified atom stereocenters. The average molecular weight is 267 g/mol. The summed E-state index contributed by atoms with van der Waals surface area (Å²) in [5, 5.41) is 0. The number of benzene rings is 1. The Bertz CT molecular complexity index is 687. The van der Waals surface area contributed by atoms with Crippen molar-refractivity contribution in [3.05, 3.63) is 34.6 Å². The summed E-state index contributed by atoms with van der Waals surface area (Å²) in [6.45, 7) is 8.84. The summed E-state index contributed by atoms with van der Waals surface area (Å²) in [5.74, 6) is 4.24. The highest BCUT2D eigenvalue weighted by Gasteiger charge is 2.16. The lowest BCUT2D eigenvalue weighted by atomic mass is 9.99. The highest BCUT2D eigenvalue weighted by atomic mass is 15.1. The molecule has 0 bridgehead atoms. The van der Waals surface area contributed by atoms with E-state index in [2.05, 4.69) is 45.7 Å². The molecule has 3 nitrogen and oxygen atoms in total. The molecule has 0 aliphatic rings. The Labute approximate surface area is 120 Å². The van der Waals surface area contributed by atoms with Crippen LogP contribution in [0.2, 0.25) is 0 Å². The molecule has 0 spiro atoms. The molecule has 2 rings (SSSR count). The number of rotatable bonds is 3. The predicted molar refractivity (Wildman–Crippen MR) is 84.5 cm³/mol. The van der Waals surface area contributed by atoms with Gasteiger partial charge in [0.1, 0.15) is 17.3 Å². The molecule has 0 saturated heterocycles. The molecule has 0 aliphatic carbocycles. The third-order valence-corrected chi connectivity index (χ3v) is 3.75. The minimum Gasteiger partial charge on any atom is -0.383 e. The summed E-state index contributed by atoms with van der Waals surface area (Å²) in [6, 6.07) is 4.33. The lowest BCUT2D eigenvalue weighted by Crippen LogP contribution is -2.05. The summed E-state index contributed by atoms with van der Waals surface area (Å²) in [5.41, 5.74) is 11.9. The van der Waals surface area contributed by atoms with E-state index < -0.39 is 0 Å². The van der Waals surface area contributed by atoms with Crippen molar-refractivity contribution in [2.24, 2.45) is 0 Å². The van der Waals surface area contributed by atoms with E-state index >= 15 is 0 Å². The van der Waals surface area contributed by atoms with Crippen molar-refractivity contribution in [2.45, 2.75) is 40.7 Å². The normalized spacial score (nSPS) is 10.6. The number of aromatic nitrogens is 2. The number of nitrogens with two attached hydrogens (primary N) is 1. The molecule has 0 saturated carbocycles. The molecule has 0 fully saturated rings. The molecule has 1 aromatic heterocycles. The minimum atomic E-state index is 0.464. The van der Waals surface area contributed by atoms with Gasteiger partial charge in [-0.15, -0.1) is 6.42 Å². The molecule has 20 heavy (non-hydrogen) atoms. The van der Waals surface area contributed by atoms with Crippen molar-refractivity contribution in [1.29, 1.82) is 0 Å². The Balaban J connectivity index is 2.65. The SMILES string of the molecule is C#CCn1c(CC)nc(-c2cc(C)c(C)cc2C)c1N. The van der Waals surface area contributed by atoms with E-state index in [0.717, 1.165) is 23.5 Å². The first-order chi connectivity index (χ1) is 9.49. The Morgan fingerprint density at radius 3 is 2.45 bits per heavy atom. The topological polar surface area (TPSA) is 43.8 Å². The molecular weight excluding hydrogens is 246 g/mol. The van der Waals surface area contributed by atoms with Gasteiger partial charge in [-0.25, -0.2) is 4.98 Å². The second-order valence-electron chi connectivity index (χ2n) is 5.16. The largest absolute Gasteiger partial charge is 0.383 e. The van der Waals surface area contributed by atoms with Gasteiger partial charge in [0.25, 0.3) is 0 Å². The van der Waals surface area contributed by atoms with E-state index in [1.54, 1.807) is 0 Å². The van der Waals surface area contributed by atoms with Crippen LogP contribution in [0.1, 0.15) is 29.4 Å². The van der Waals surface area contributed by atoms with Gasteiger partial charge < -0.3 is 10.3 Å². The van der Waals surface area contributed by atoms with Gasteiger partial charge in [-0.2, -0.15) is 0 Å². The number of nitrogen functional groups attached to an aromatic ring is 1. The standard InChI is InChI=1S/C17H21N3/c1-6-8-20-15(7-2)19-16(17(20)18)14-10-12(4)11(3)9-13(14)5/h1,9-10H,7-8,18H2,2-5H3. The lowest BCUT2D eigenvalue weighted by Gasteiger charge is -2.09. The van der Waals surface area contributed by atoms with E-state index in [4.69, 9.17) is 17.1 Å². The number of hydrogen-bond donors (Lipinski definition) is 1. The fourth-order valence-electron chi connectivity index (χ4n) is 2.47. The van der Waals surface area contributed by atoms with E-state index in [9.17, 15) is 0 Å². The Hall–Kier alpha value is -2.21. The monoisotopic (exact) mass is 267 g/mol. The lowest BCUT2D eigenvalue weighted by molar-refractivity contribution is 0.769. The number of aryl methyl sites for hydroxylation is 4. The first-order valence-electron chi connectivity index (χ1n) is 6.86.